The van der Waals surface area contributed by atoms with Crippen molar-refractivity contribution in [3.63, 3.8) is 0 Å². The molecule has 0 bridgehead atoms. The number of anilines is 1. The van der Waals surface area contributed by atoms with Crippen LogP contribution >= 0.6 is 35.3 Å². The van der Waals surface area contributed by atoms with Crippen LogP contribution in [0, 0.1) is 0 Å². The molecule has 4 nitrogen and oxygen atoms in total. The molecule has 132 valence electrons. The first-order valence-electron chi connectivity index (χ1n) is 8.22. The molecule has 1 aromatic heterocycles. The molecule has 0 fully saturated rings. The van der Waals surface area contributed by atoms with Crippen LogP contribution in [0.1, 0.15) is 49.4 Å². The first kappa shape index (κ1) is 20.9. The van der Waals surface area contributed by atoms with Gasteiger partial charge in [-0.15, -0.1) is 35.3 Å². The van der Waals surface area contributed by atoms with Crippen molar-refractivity contribution in [1.82, 2.24) is 4.98 Å². The summed E-state index contributed by atoms with van der Waals surface area (Å²) in [6, 6.07) is 8.40. The fourth-order valence-electron chi connectivity index (χ4n) is 2.24. The minimum absolute atomic E-state index is 0. The summed E-state index contributed by atoms with van der Waals surface area (Å²) in [5, 5.41) is 6.42. The molecule has 24 heavy (non-hydrogen) atoms. The third-order valence-electron chi connectivity index (χ3n) is 3.92. The summed E-state index contributed by atoms with van der Waals surface area (Å²) in [6.07, 6.45) is 2.96. The lowest BCUT2D eigenvalue weighted by molar-refractivity contribution is 0.734. The second kappa shape index (κ2) is 10.7. The second-order valence-corrected chi connectivity index (χ2v) is 6.60. The summed E-state index contributed by atoms with van der Waals surface area (Å²) < 4.78 is 0. The van der Waals surface area contributed by atoms with E-state index in [0.717, 1.165) is 30.6 Å². The first-order chi connectivity index (χ1) is 11.1. The second-order valence-electron chi connectivity index (χ2n) is 5.66. The van der Waals surface area contributed by atoms with E-state index in [1.54, 1.807) is 11.3 Å². The van der Waals surface area contributed by atoms with Crippen molar-refractivity contribution in [2.45, 2.75) is 46.0 Å². The highest BCUT2D eigenvalue weighted by atomic mass is 127. The molecule has 6 heteroatoms. The molecule has 0 amide bonds. The molecule has 1 aromatic carbocycles. The van der Waals surface area contributed by atoms with Gasteiger partial charge in [-0.2, -0.15) is 0 Å². The number of rotatable bonds is 7. The largest absolute Gasteiger partial charge is 0.370 e. The predicted octanol–water partition coefficient (Wildman–Crippen LogP) is 4.81. The Morgan fingerprint density at radius 3 is 2.58 bits per heavy atom. The number of hydrogen-bond acceptors (Lipinski definition) is 3. The summed E-state index contributed by atoms with van der Waals surface area (Å²) in [7, 11) is 0. The Balaban J connectivity index is 0.00000288. The SMILES string of the molecule is CCc1nc(CCN=C(N)Nc2ccc(C(C)CC)cc2)cs1.I. The number of aliphatic imine (C=N–C) groups is 1. The van der Waals surface area contributed by atoms with E-state index in [2.05, 4.69) is 65.7 Å². The van der Waals surface area contributed by atoms with E-state index >= 15 is 0 Å². The number of benzene rings is 1. The van der Waals surface area contributed by atoms with Gasteiger partial charge in [-0.3, -0.25) is 4.99 Å². The number of nitrogens with two attached hydrogens (primary N) is 1. The van der Waals surface area contributed by atoms with E-state index in [1.165, 1.54) is 10.6 Å². The maximum absolute atomic E-state index is 5.95. The zero-order valence-corrected chi connectivity index (χ0v) is 17.7. The van der Waals surface area contributed by atoms with Crippen LogP contribution in [0.25, 0.3) is 0 Å². The number of guanidine groups is 1. The third kappa shape index (κ3) is 6.39. The van der Waals surface area contributed by atoms with Gasteiger partial charge in [0.2, 0.25) is 0 Å². The molecular formula is C18H27IN4S. The molecule has 1 unspecified atom stereocenters. The fraction of sp³-hybridized carbons (Fsp3) is 0.444. The number of halogens is 1. The molecule has 0 spiro atoms. The van der Waals surface area contributed by atoms with Gasteiger partial charge in [0.15, 0.2) is 5.96 Å². The standard InChI is InChI=1S/C18H26N4S.HI/c1-4-13(3)14-6-8-15(9-7-14)22-18(19)20-11-10-16-12-23-17(5-2)21-16;/h6-9,12-13H,4-5,10-11H2,1-3H3,(H3,19,20,22);1H. The van der Waals surface area contributed by atoms with Crippen molar-refractivity contribution >= 4 is 47.0 Å². The molecule has 2 aromatic rings. The van der Waals surface area contributed by atoms with Crippen LogP contribution in [0.2, 0.25) is 0 Å². The van der Waals surface area contributed by atoms with Crippen LogP contribution in [-0.2, 0) is 12.8 Å². The van der Waals surface area contributed by atoms with E-state index in [9.17, 15) is 0 Å². The van der Waals surface area contributed by atoms with Crippen molar-refractivity contribution < 1.29 is 0 Å². The quantitative estimate of drug-likeness (QED) is 0.356. The summed E-state index contributed by atoms with van der Waals surface area (Å²) in [4.78, 5) is 8.90. The summed E-state index contributed by atoms with van der Waals surface area (Å²) in [6.45, 7) is 7.21. The molecule has 1 atom stereocenters. The first-order valence-corrected chi connectivity index (χ1v) is 9.10. The number of thiazole rings is 1. The molecule has 0 saturated carbocycles. The maximum atomic E-state index is 5.95. The number of aromatic nitrogens is 1. The molecule has 3 N–H and O–H groups in total. The number of aryl methyl sites for hydroxylation is 1. The van der Waals surface area contributed by atoms with Crippen molar-refractivity contribution in [3.05, 3.63) is 45.9 Å². The average molecular weight is 458 g/mol. The van der Waals surface area contributed by atoms with Crippen molar-refractivity contribution in [2.24, 2.45) is 10.7 Å². The third-order valence-corrected chi connectivity index (χ3v) is 4.96. The summed E-state index contributed by atoms with van der Waals surface area (Å²) >= 11 is 1.71. The number of hydrogen-bond donors (Lipinski definition) is 2. The lowest BCUT2D eigenvalue weighted by Crippen LogP contribution is -2.23. The van der Waals surface area contributed by atoms with Gasteiger partial charge in [-0.05, 0) is 36.5 Å². The Labute approximate surface area is 166 Å². The van der Waals surface area contributed by atoms with Gasteiger partial charge in [-0.1, -0.05) is 32.9 Å². The van der Waals surface area contributed by atoms with Crippen LogP contribution in [0.4, 0.5) is 5.69 Å². The Morgan fingerprint density at radius 2 is 2.00 bits per heavy atom. The molecule has 2 rings (SSSR count). The average Bonchev–Trinajstić information content (AvgIpc) is 3.03. The number of nitrogens with one attached hydrogen (secondary N) is 1. The lowest BCUT2D eigenvalue weighted by atomic mass is 9.99. The van der Waals surface area contributed by atoms with Gasteiger partial charge in [0.05, 0.1) is 10.7 Å². The minimum atomic E-state index is 0. The normalized spacial score (nSPS) is 12.5. The number of nitrogens with zero attached hydrogens (tertiary/aromatic N) is 2. The summed E-state index contributed by atoms with van der Waals surface area (Å²) in [5.41, 5.74) is 9.37. The molecule has 1 heterocycles. The van der Waals surface area contributed by atoms with Crippen LogP contribution in [0.5, 0.6) is 0 Å². The molecule has 0 aliphatic carbocycles. The van der Waals surface area contributed by atoms with E-state index < -0.39 is 0 Å². The Bertz CT molecular complexity index is 637. The maximum Gasteiger partial charge on any atom is 0.193 e. The Hall–Kier alpha value is -1.15. The molecule has 0 aliphatic heterocycles. The van der Waals surface area contributed by atoms with Gasteiger partial charge in [0.25, 0.3) is 0 Å². The highest BCUT2D eigenvalue weighted by Gasteiger charge is 2.03. The van der Waals surface area contributed by atoms with E-state index in [0.29, 0.717) is 18.4 Å². The zero-order chi connectivity index (χ0) is 16.7. The van der Waals surface area contributed by atoms with Gasteiger partial charge in [0, 0.05) is 24.0 Å². The van der Waals surface area contributed by atoms with Crippen molar-refractivity contribution in [3.8, 4) is 0 Å². The van der Waals surface area contributed by atoms with Crippen LogP contribution in [0.3, 0.4) is 0 Å². The van der Waals surface area contributed by atoms with Gasteiger partial charge in [0.1, 0.15) is 0 Å². The molecule has 0 aliphatic rings. The monoisotopic (exact) mass is 458 g/mol. The smallest absolute Gasteiger partial charge is 0.193 e. The fourth-order valence-corrected chi connectivity index (χ4v) is 3.01. The van der Waals surface area contributed by atoms with Crippen molar-refractivity contribution in [2.75, 3.05) is 11.9 Å². The van der Waals surface area contributed by atoms with Gasteiger partial charge < -0.3 is 11.1 Å². The van der Waals surface area contributed by atoms with Crippen LogP contribution < -0.4 is 11.1 Å². The van der Waals surface area contributed by atoms with E-state index in [4.69, 9.17) is 5.73 Å². The Kier molecular flexibility index (Phi) is 9.28. The highest BCUT2D eigenvalue weighted by molar-refractivity contribution is 14.0. The van der Waals surface area contributed by atoms with E-state index in [1.807, 2.05) is 0 Å². The highest BCUT2D eigenvalue weighted by Crippen LogP contribution is 2.20. The van der Waals surface area contributed by atoms with Crippen molar-refractivity contribution in [1.29, 1.82) is 0 Å². The minimum Gasteiger partial charge on any atom is -0.370 e. The van der Waals surface area contributed by atoms with Gasteiger partial charge in [-0.25, -0.2) is 4.98 Å². The zero-order valence-electron chi connectivity index (χ0n) is 14.6. The molecule has 0 radical (unpaired) electrons. The van der Waals surface area contributed by atoms with Crippen LogP contribution in [0.15, 0.2) is 34.6 Å². The van der Waals surface area contributed by atoms with E-state index in [-0.39, 0.29) is 24.0 Å². The lowest BCUT2D eigenvalue weighted by Gasteiger charge is -2.10. The Morgan fingerprint density at radius 1 is 1.29 bits per heavy atom. The molecular weight excluding hydrogens is 431 g/mol. The van der Waals surface area contributed by atoms with Crippen LogP contribution in [-0.4, -0.2) is 17.5 Å². The predicted molar refractivity (Wildman–Crippen MR) is 116 cm³/mol. The topological polar surface area (TPSA) is 63.3 Å². The summed E-state index contributed by atoms with van der Waals surface area (Å²) in [5.74, 6) is 1.04. The van der Waals surface area contributed by atoms with Gasteiger partial charge >= 0.3 is 0 Å². The molecule has 0 saturated heterocycles.